The standard InChI is InChI=1S/C62H56B2N4O/c1-37(2)45-23-15-24-46(38(3)4)57(45)63-49-27-9-11-33-55(49)67-59-51(63)29-17-31-53(59)65-61(67)41-19-13-21-43(35-41)69-44-22-14-20-42(36-44)62-66-54-32-18-30-52-60(54)68(62)56-34-12-10-28-50(56)64(52)58-47(39(5)6)25-16-26-48(58)40(7)8/h9-40H,1-8H3. The van der Waals surface area contributed by atoms with Gasteiger partial charge in [-0.3, -0.25) is 9.13 Å². The van der Waals surface area contributed by atoms with Crippen LogP contribution in [0.3, 0.4) is 0 Å². The minimum Gasteiger partial charge on any atom is -0.457 e. The second-order valence-electron chi connectivity index (χ2n) is 20.4. The van der Waals surface area contributed by atoms with Gasteiger partial charge < -0.3 is 4.74 Å². The van der Waals surface area contributed by atoms with Crippen molar-refractivity contribution in [3.63, 3.8) is 0 Å². The van der Waals surface area contributed by atoms with Crippen molar-refractivity contribution in [2.75, 3.05) is 0 Å². The lowest BCUT2D eigenvalue weighted by atomic mass is 9.33. The van der Waals surface area contributed by atoms with Gasteiger partial charge in [0.15, 0.2) is 0 Å². The van der Waals surface area contributed by atoms with Crippen LogP contribution in [0.15, 0.2) is 170 Å². The molecule has 0 bridgehead atoms. The molecule has 0 amide bonds. The molecule has 12 rings (SSSR count). The number of imidazole rings is 2. The van der Waals surface area contributed by atoms with E-state index in [-0.39, 0.29) is 13.4 Å². The molecule has 0 unspecified atom stereocenters. The molecule has 2 aliphatic heterocycles. The number of hydrogen-bond acceptors (Lipinski definition) is 3. The SMILES string of the molecule is CC(C)c1cccc(C(C)C)c1B1c2ccccc2-n2c(-c3cccc(Oc4cccc(-c5nc6cccc7c6n5-c5ccccc5B7c5c(C(C)C)cccc5C(C)C)c4)c3)nc3cccc1c32. The lowest BCUT2D eigenvalue weighted by Gasteiger charge is -2.31. The maximum atomic E-state index is 6.83. The van der Waals surface area contributed by atoms with E-state index in [2.05, 4.69) is 222 Å². The molecule has 0 N–H and O–H groups in total. The third-order valence-corrected chi connectivity index (χ3v) is 14.8. The molecule has 0 spiro atoms. The maximum Gasteiger partial charge on any atom is 0.247 e. The third kappa shape index (κ3) is 6.83. The molecule has 10 aromatic rings. The van der Waals surface area contributed by atoms with Gasteiger partial charge in [-0.2, -0.15) is 0 Å². The lowest BCUT2D eigenvalue weighted by molar-refractivity contribution is 0.483. The van der Waals surface area contributed by atoms with Gasteiger partial charge in [0.1, 0.15) is 23.1 Å². The summed E-state index contributed by atoms with van der Waals surface area (Å²) < 4.78 is 11.6. The van der Waals surface area contributed by atoms with Gasteiger partial charge in [-0.15, -0.1) is 0 Å². The van der Waals surface area contributed by atoms with Gasteiger partial charge in [-0.25, -0.2) is 9.97 Å². The van der Waals surface area contributed by atoms with Crippen molar-refractivity contribution < 1.29 is 4.74 Å². The Hall–Kier alpha value is -7.37. The number of benzene rings is 8. The fourth-order valence-corrected chi connectivity index (χ4v) is 11.9. The zero-order valence-corrected chi connectivity index (χ0v) is 40.8. The van der Waals surface area contributed by atoms with Crippen LogP contribution >= 0.6 is 0 Å². The van der Waals surface area contributed by atoms with Crippen molar-refractivity contribution in [1.29, 1.82) is 0 Å². The zero-order valence-electron chi connectivity index (χ0n) is 40.8. The summed E-state index contributed by atoms with van der Waals surface area (Å²) >= 11 is 0. The molecule has 2 aromatic heterocycles. The number of para-hydroxylation sites is 4. The Bertz CT molecular complexity index is 3360. The summed E-state index contributed by atoms with van der Waals surface area (Å²) in [6, 6.07) is 61.8. The molecule has 0 saturated heterocycles. The summed E-state index contributed by atoms with van der Waals surface area (Å²) in [7, 11) is 0. The molecule has 69 heavy (non-hydrogen) atoms. The van der Waals surface area contributed by atoms with E-state index in [9.17, 15) is 0 Å². The van der Waals surface area contributed by atoms with Crippen molar-refractivity contribution in [2.45, 2.75) is 79.1 Å². The molecule has 5 nitrogen and oxygen atoms in total. The average molecular weight is 895 g/mol. The van der Waals surface area contributed by atoms with Gasteiger partial charge in [-0.1, -0.05) is 188 Å². The smallest absolute Gasteiger partial charge is 0.247 e. The normalized spacial score (nSPS) is 12.8. The highest BCUT2D eigenvalue weighted by Gasteiger charge is 2.39. The Morgan fingerprint density at radius 2 is 0.725 bits per heavy atom. The summed E-state index contributed by atoms with van der Waals surface area (Å²) in [5, 5.41) is 0. The van der Waals surface area contributed by atoms with Crippen LogP contribution in [0.2, 0.25) is 0 Å². The molecule has 0 fully saturated rings. The van der Waals surface area contributed by atoms with Gasteiger partial charge in [0, 0.05) is 22.5 Å². The van der Waals surface area contributed by atoms with E-state index >= 15 is 0 Å². The number of ether oxygens (including phenoxy) is 1. The molecule has 0 radical (unpaired) electrons. The fourth-order valence-electron chi connectivity index (χ4n) is 11.9. The van der Waals surface area contributed by atoms with Crippen LogP contribution in [0.4, 0.5) is 0 Å². The predicted octanol–water partition coefficient (Wildman–Crippen LogP) is 11.6. The molecule has 4 heterocycles. The second-order valence-corrected chi connectivity index (χ2v) is 20.4. The van der Waals surface area contributed by atoms with Crippen molar-refractivity contribution in [2.24, 2.45) is 0 Å². The maximum absolute atomic E-state index is 6.83. The third-order valence-electron chi connectivity index (χ3n) is 14.8. The first kappa shape index (κ1) is 42.9. The fraction of sp³-hybridized carbons (Fsp3) is 0.194. The van der Waals surface area contributed by atoms with Crippen LogP contribution in [0, 0.1) is 0 Å². The molecule has 2 aliphatic rings. The first-order valence-electron chi connectivity index (χ1n) is 24.9. The molecule has 0 aliphatic carbocycles. The summed E-state index contributed by atoms with van der Waals surface area (Å²) in [5.41, 5.74) is 22.3. The highest BCUT2D eigenvalue weighted by Crippen LogP contribution is 2.37. The van der Waals surface area contributed by atoms with Crippen LogP contribution in [0.25, 0.3) is 56.2 Å². The van der Waals surface area contributed by atoms with Crippen LogP contribution in [0.1, 0.15) is 101 Å². The molecule has 7 heteroatoms. The lowest BCUT2D eigenvalue weighted by Crippen LogP contribution is -2.58. The van der Waals surface area contributed by atoms with Crippen molar-refractivity contribution in [1.82, 2.24) is 19.1 Å². The molecule has 0 atom stereocenters. The zero-order chi connectivity index (χ0) is 47.2. The van der Waals surface area contributed by atoms with Crippen LogP contribution in [0.5, 0.6) is 11.5 Å². The Morgan fingerprint density at radius 1 is 0.377 bits per heavy atom. The second kappa shape index (κ2) is 16.7. The number of aromatic nitrogens is 4. The number of nitrogens with zero attached hydrogens (tertiary/aromatic N) is 4. The van der Waals surface area contributed by atoms with Crippen LogP contribution in [-0.2, 0) is 0 Å². The molecule has 0 saturated carbocycles. The minimum absolute atomic E-state index is 0.0860. The Morgan fingerprint density at radius 3 is 1.12 bits per heavy atom. The van der Waals surface area contributed by atoms with Gasteiger partial charge in [0.25, 0.3) is 0 Å². The summed E-state index contributed by atoms with van der Waals surface area (Å²) in [5.74, 6) is 4.83. The highest BCUT2D eigenvalue weighted by atomic mass is 16.5. The highest BCUT2D eigenvalue weighted by molar-refractivity contribution is 6.99. The van der Waals surface area contributed by atoms with Gasteiger partial charge in [0.2, 0.25) is 13.4 Å². The first-order chi connectivity index (χ1) is 33.6. The topological polar surface area (TPSA) is 44.9 Å². The summed E-state index contributed by atoms with van der Waals surface area (Å²) in [4.78, 5) is 10.8. The van der Waals surface area contributed by atoms with Gasteiger partial charge >= 0.3 is 0 Å². The largest absolute Gasteiger partial charge is 0.457 e. The van der Waals surface area contributed by atoms with Crippen molar-refractivity contribution >= 4 is 68.3 Å². The minimum atomic E-state index is 0.0860. The Kier molecular flexibility index (Phi) is 10.4. The molecule has 336 valence electrons. The summed E-state index contributed by atoms with van der Waals surface area (Å²) in [6.07, 6.45) is 0. The number of fused-ring (bicyclic) bond motifs is 4. The van der Waals surface area contributed by atoms with E-state index in [1.165, 1.54) is 77.4 Å². The molecule has 8 aromatic carbocycles. The van der Waals surface area contributed by atoms with E-state index in [1.807, 2.05) is 12.1 Å². The quantitative estimate of drug-likeness (QED) is 0.129. The summed E-state index contributed by atoms with van der Waals surface area (Å²) in [6.45, 7) is 18.7. The van der Waals surface area contributed by atoms with Gasteiger partial charge in [0.05, 0.1) is 22.1 Å². The Labute approximate surface area is 407 Å². The first-order valence-corrected chi connectivity index (χ1v) is 24.9. The van der Waals surface area contributed by atoms with E-state index < -0.39 is 0 Å². The van der Waals surface area contributed by atoms with Crippen molar-refractivity contribution in [3.8, 4) is 45.6 Å². The van der Waals surface area contributed by atoms with Crippen LogP contribution in [-0.4, -0.2) is 32.5 Å². The van der Waals surface area contributed by atoms with Crippen LogP contribution < -0.4 is 37.5 Å². The van der Waals surface area contributed by atoms with Gasteiger partial charge in [-0.05, 0) is 116 Å². The molecular weight excluding hydrogens is 838 g/mol. The van der Waals surface area contributed by atoms with E-state index in [1.54, 1.807) is 0 Å². The van der Waals surface area contributed by atoms with E-state index in [0.29, 0.717) is 23.7 Å². The predicted molar refractivity (Wildman–Crippen MR) is 292 cm³/mol. The Balaban J connectivity index is 0.945. The van der Waals surface area contributed by atoms with E-state index in [4.69, 9.17) is 14.7 Å². The number of rotatable bonds is 10. The number of hydrogen-bond donors (Lipinski definition) is 0. The monoisotopic (exact) mass is 894 g/mol. The van der Waals surface area contributed by atoms with Crippen molar-refractivity contribution in [3.05, 3.63) is 192 Å². The molecular formula is C62H56B2N4O. The van der Waals surface area contributed by atoms with E-state index in [0.717, 1.165) is 45.3 Å². The average Bonchev–Trinajstić information content (AvgIpc) is 3.95.